The molecule has 0 spiro atoms. The lowest BCUT2D eigenvalue weighted by Gasteiger charge is -2.37. The summed E-state index contributed by atoms with van der Waals surface area (Å²) in [4.78, 5) is 64.4. The minimum Gasteiger partial charge on any atom is -0.368 e. The summed E-state index contributed by atoms with van der Waals surface area (Å²) in [7, 11) is 0. The van der Waals surface area contributed by atoms with Crippen LogP contribution in [0.5, 0.6) is 0 Å². The summed E-state index contributed by atoms with van der Waals surface area (Å²) in [6, 6.07) is -3.25. The van der Waals surface area contributed by atoms with E-state index in [9.17, 15) is 32.8 Å². The van der Waals surface area contributed by atoms with Gasteiger partial charge in [0, 0.05) is 19.0 Å². The number of alkyl halides is 2. The average Bonchev–Trinajstić information content (AvgIpc) is 3.13. The first kappa shape index (κ1) is 28.8. The minimum atomic E-state index is -3.29. The van der Waals surface area contributed by atoms with E-state index >= 15 is 0 Å². The average molecular weight is 528 g/mol. The highest BCUT2D eigenvalue weighted by Crippen LogP contribution is 2.65. The number of hydrogen-bond donors (Lipinski definition) is 4. The van der Waals surface area contributed by atoms with Crippen molar-refractivity contribution in [2.75, 3.05) is 13.1 Å². The molecule has 37 heavy (non-hydrogen) atoms. The molecule has 0 aromatic rings. The first-order chi connectivity index (χ1) is 17.1. The van der Waals surface area contributed by atoms with E-state index in [1.54, 1.807) is 20.8 Å². The van der Waals surface area contributed by atoms with Crippen LogP contribution in [0.4, 0.5) is 8.78 Å². The number of carbonyl (C=O) groups is 5. The molecule has 6 atom stereocenters. The van der Waals surface area contributed by atoms with Crippen LogP contribution < -0.4 is 21.7 Å². The first-order valence-electron chi connectivity index (χ1n) is 12.8. The molecule has 2 saturated heterocycles. The van der Waals surface area contributed by atoms with Crippen LogP contribution in [0.15, 0.2) is 0 Å². The third-order valence-corrected chi connectivity index (χ3v) is 8.22. The van der Waals surface area contributed by atoms with Crippen molar-refractivity contribution in [3.05, 3.63) is 0 Å². The third-order valence-electron chi connectivity index (χ3n) is 8.22. The number of halogens is 2. The van der Waals surface area contributed by atoms with Crippen LogP contribution >= 0.6 is 0 Å². The Morgan fingerprint density at radius 1 is 1.19 bits per heavy atom. The predicted molar refractivity (Wildman–Crippen MR) is 130 cm³/mol. The number of carbonyl (C=O) groups excluding carboxylic acids is 5. The highest BCUT2D eigenvalue weighted by Gasteiger charge is 2.69. The van der Waals surface area contributed by atoms with Crippen molar-refractivity contribution in [2.24, 2.45) is 34.3 Å². The topological polar surface area (TPSA) is 151 Å². The van der Waals surface area contributed by atoms with Crippen LogP contribution in [-0.2, 0) is 24.0 Å². The zero-order valence-electron chi connectivity index (χ0n) is 22.1. The molecule has 0 unspecified atom stereocenters. The van der Waals surface area contributed by atoms with Gasteiger partial charge in [0.2, 0.25) is 23.6 Å². The Morgan fingerprint density at radius 3 is 2.38 bits per heavy atom. The lowest BCUT2D eigenvalue weighted by atomic mass is 9.85. The molecule has 3 rings (SSSR count). The molecule has 3 fully saturated rings. The van der Waals surface area contributed by atoms with Gasteiger partial charge in [0.1, 0.15) is 18.1 Å². The SMILES string of the molecule is CC(C)(C)[C@H](NC(=O)C(F)F)C(=O)N1C[C@H]2[C@@H]([C@H]1C(=O)N[C@@H](CC[C@@H]1CCCNC1=O)C(N)=O)C2(C)C. The van der Waals surface area contributed by atoms with Crippen molar-refractivity contribution in [3.8, 4) is 0 Å². The van der Waals surface area contributed by atoms with Gasteiger partial charge < -0.3 is 26.6 Å². The largest absolute Gasteiger partial charge is 0.368 e. The molecule has 0 aromatic carbocycles. The van der Waals surface area contributed by atoms with Gasteiger partial charge in [-0.15, -0.1) is 0 Å². The van der Waals surface area contributed by atoms with Crippen LogP contribution in [-0.4, -0.2) is 72.1 Å². The number of piperidine rings is 2. The molecule has 208 valence electrons. The Morgan fingerprint density at radius 2 is 1.84 bits per heavy atom. The molecule has 2 aliphatic heterocycles. The number of fused-ring (bicyclic) bond motifs is 1. The molecule has 1 saturated carbocycles. The van der Waals surface area contributed by atoms with Gasteiger partial charge in [0.25, 0.3) is 5.91 Å². The van der Waals surface area contributed by atoms with E-state index in [-0.39, 0.29) is 42.0 Å². The minimum absolute atomic E-state index is 0.0107. The zero-order chi connectivity index (χ0) is 27.9. The number of nitrogens with zero attached hydrogens (tertiary/aromatic N) is 1. The van der Waals surface area contributed by atoms with Gasteiger partial charge in [0.15, 0.2) is 0 Å². The molecule has 12 heteroatoms. The number of hydrogen-bond acceptors (Lipinski definition) is 5. The van der Waals surface area contributed by atoms with Crippen molar-refractivity contribution >= 4 is 29.5 Å². The summed E-state index contributed by atoms with van der Waals surface area (Å²) < 4.78 is 25.9. The first-order valence-corrected chi connectivity index (χ1v) is 12.8. The molecular formula is C25H39F2N5O5. The van der Waals surface area contributed by atoms with Crippen molar-refractivity contribution in [1.82, 2.24) is 20.9 Å². The van der Waals surface area contributed by atoms with Gasteiger partial charge in [-0.05, 0) is 48.3 Å². The van der Waals surface area contributed by atoms with E-state index in [0.29, 0.717) is 19.4 Å². The smallest absolute Gasteiger partial charge is 0.315 e. The van der Waals surface area contributed by atoms with Gasteiger partial charge in [0.05, 0.1) is 0 Å². The molecule has 10 nitrogen and oxygen atoms in total. The second-order valence-electron chi connectivity index (χ2n) is 12.2. The number of primary amides is 1. The summed E-state index contributed by atoms with van der Waals surface area (Å²) >= 11 is 0. The Balaban J connectivity index is 1.77. The molecule has 1 aliphatic carbocycles. The summed E-state index contributed by atoms with van der Waals surface area (Å²) in [6.07, 6.45) is -1.22. The van der Waals surface area contributed by atoms with E-state index in [4.69, 9.17) is 5.73 Å². The lowest BCUT2D eigenvalue weighted by molar-refractivity contribution is -0.147. The van der Waals surface area contributed by atoms with Gasteiger partial charge in [-0.2, -0.15) is 8.78 Å². The van der Waals surface area contributed by atoms with Crippen molar-refractivity contribution in [3.63, 3.8) is 0 Å². The Labute approximate surface area is 215 Å². The van der Waals surface area contributed by atoms with Crippen LogP contribution in [0.3, 0.4) is 0 Å². The molecule has 0 radical (unpaired) electrons. The summed E-state index contributed by atoms with van der Waals surface area (Å²) in [6.45, 7) is 9.73. The van der Waals surface area contributed by atoms with Gasteiger partial charge in [-0.25, -0.2) is 0 Å². The predicted octanol–water partition coefficient (Wildman–Crippen LogP) is 0.542. The maximum atomic E-state index is 13.6. The Bertz CT molecular complexity index is 950. The van der Waals surface area contributed by atoms with Crippen molar-refractivity contribution < 1.29 is 32.8 Å². The van der Waals surface area contributed by atoms with Gasteiger partial charge >= 0.3 is 6.43 Å². The molecule has 0 aromatic heterocycles. The van der Waals surface area contributed by atoms with Crippen LogP contribution in [0.2, 0.25) is 0 Å². The molecule has 5 amide bonds. The van der Waals surface area contributed by atoms with Crippen molar-refractivity contribution in [2.45, 2.75) is 84.9 Å². The zero-order valence-corrected chi connectivity index (χ0v) is 22.1. The lowest BCUT2D eigenvalue weighted by Crippen LogP contribution is -2.61. The number of likely N-dealkylation sites (tertiary alicyclic amines) is 1. The Hall–Kier alpha value is -2.79. The van der Waals surface area contributed by atoms with Crippen molar-refractivity contribution in [1.29, 1.82) is 0 Å². The van der Waals surface area contributed by atoms with Gasteiger partial charge in [-0.3, -0.25) is 24.0 Å². The molecular weight excluding hydrogens is 488 g/mol. The highest BCUT2D eigenvalue weighted by molar-refractivity contribution is 5.96. The highest BCUT2D eigenvalue weighted by atomic mass is 19.3. The second-order valence-corrected chi connectivity index (χ2v) is 12.2. The number of rotatable bonds is 9. The van der Waals surface area contributed by atoms with Gasteiger partial charge in [-0.1, -0.05) is 34.6 Å². The maximum absolute atomic E-state index is 13.6. The third kappa shape index (κ3) is 6.04. The Kier molecular flexibility index (Phi) is 8.19. The summed E-state index contributed by atoms with van der Waals surface area (Å²) in [5.74, 6) is -4.03. The van der Waals surface area contributed by atoms with E-state index in [0.717, 1.165) is 6.42 Å². The molecule has 0 bridgehead atoms. The van der Waals surface area contributed by atoms with Crippen LogP contribution in [0.25, 0.3) is 0 Å². The fraction of sp³-hybridized carbons (Fsp3) is 0.800. The van der Waals surface area contributed by atoms with Crippen LogP contribution in [0, 0.1) is 28.6 Å². The quantitative estimate of drug-likeness (QED) is 0.345. The number of amides is 5. The normalized spacial score (nSPS) is 28.1. The van der Waals surface area contributed by atoms with E-state index in [2.05, 4.69) is 16.0 Å². The van der Waals surface area contributed by atoms with E-state index < -0.39 is 53.6 Å². The van der Waals surface area contributed by atoms with E-state index in [1.807, 2.05) is 13.8 Å². The summed E-state index contributed by atoms with van der Waals surface area (Å²) in [5, 5.41) is 7.61. The second kappa shape index (κ2) is 10.5. The maximum Gasteiger partial charge on any atom is 0.315 e. The molecule has 5 N–H and O–H groups in total. The number of nitrogens with two attached hydrogens (primary N) is 1. The standard InChI is InChI=1S/C25H39F2N5O5/c1-24(2,3)17(31-22(36)18(26)27)23(37)32-11-13-15(25(13,4)5)16(32)21(35)30-14(19(28)33)9-8-12-7-6-10-29-20(12)34/h12-18H,6-11H2,1-5H3,(H2,28,33)(H,29,34)(H,30,35)(H,31,36)/t12-,13-,14-,15-,16-,17+/m0/s1. The fourth-order valence-electron chi connectivity index (χ4n) is 5.85. The fourth-order valence-corrected chi connectivity index (χ4v) is 5.85. The summed E-state index contributed by atoms with van der Waals surface area (Å²) in [5.41, 5.74) is 4.43. The number of nitrogens with one attached hydrogen (secondary N) is 3. The van der Waals surface area contributed by atoms with Crippen LogP contribution in [0.1, 0.15) is 60.3 Å². The molecule has 3 aliphatic rings. The van der Waals surface area contributed by atoms with E-state index in [1.165, 1.54) is 4.90 Å². The monoisotopic (exact) mass is 527 g/mol. The molecule has 2 heterocycles.